The summed E-state index contributed by atoms with van der Waals surface area (Å²) in [7, 11) is 0. The van der Waals surface area contributed by atoms with Crippen LogP contribution in [0.5, 0.6) is 0 Å². The number of nitrogens with one attached hydrogen (secondary N) is 1. The molecule has 3 N–H and O–H groups in total. The van der Waals surface area contributed by atoms with Crippen LogP contribution in [-0.4, -0.2) is 11.7 Å². The average molecular weight is 318 g/mol. The van der Waals surface area contributed by atoms with Gasteiger partial charge in [0.05, 0.1) is 28.1 Å². The molecule has 2 aromatic carbocycles. The van der Waals surface area contributed by atoms with Crippen LogP contribution in [0.4, 0.5) is 11.4 Å². The maximum absolute atomic E-state index is 11.8. The molecule has 0 aliphatic heterocycles. The van der Waals surface area contributed by atoms with Crippen molar-refractivity contribution < 1.29 is 4.79 Å². The van der Waals surface area contributed by atoms with Crippen molar-refractivity contribution in [1.82, 2.24) is 0 Å². The third-order valence-corrected chi connectivity index (χ3v) is 3.96. The molecule has 0 spiro atoms. The van der Waals surface area contributed by atoms with E-state index in [-0.39, 0.29) is 11.7 Å². The SMILES string of the molecule is N#Cc1ccc(NC(=O)CSc2ccc(N)c(Cl)c2)cc1. The first-order valence-electron chi connectivity index (χ1n) is 6.06. The summed E-state index contributed by atoms with van der Waals surface area (Å²) >= 11 is 7.30. The van der Waals surface area contributed by atoms with Crippen LogP contribution in [0.15, 0.2) is 47.4 Å². The summed E-state index contributed by atoms with van der Waals surface area (Å²) in [5.41, 5.74) is 7.36. The molecule has 0 aromatic heterocycles. The topological polar surface area (TPSA) is 78.9 Å². The second kappa shape index (κ2) is 7.02. The zero-order valence-electron chi connectivity index (χ0n) is 11.0. The fourth-order valence-electron chi connectivity index (χ4n) is 1.57. The van der Waals surface area contributed by atoms with Gasteiger partial charge in [-0.25, -0.2) is 0 Å². The molecule has 4 nitrogen and oxygen atoms in total. The molecule has 6 heteroatoms. The zero-order chi connectivity index (χ0) is 15.2. The van der Waals surface area contributed by atoms with E-state index < -0.39 is 0 Å². The number of nitrogens with zero attached hydrogens (tertiary/aromatic N) is 1. The fraction of sp³-hybridized carbons (Fsp3) is 0.0667. The minimum atomic E-state index is -0.127. The molecule has 0 heterocycles. The van der Waals surface area contributed by atoms with E-state index in [0.717, 1.165) is 4.90 Å². The number of anilines is 2. The predicted octanol–water partition coefficient (Wildman–Crippen LogP) is 3.52. The summed E-state index contributed by atoms with van der Waals surface area (Å²) in [5, 5.41) is 11.9. The van der Waals surface area contributed by atoms with E-state index >= 15 is 0 Å². The Balaban J connectivity index is 1.89. The number of rotatable bonds is 4. The summed E-state index contributed by atoms with van der Waals surface area (Å²) in [4.78, 5) is 12.7. The Labute approximate surface area is 131 Å². The number of amides is 1. The van der Waals surface area contributed by atoms with E-state index in [1.807, 2.05) is 12.1 Å². The molecule has 0 atom stereocenters. The molecule has 0 aliphatic rings. The lowest BCUT2D eigenvalue weighted by Crippen LogP contribution is -2.13. The smallest absolute Gasteiger partial charge is 0.234 e. The molecule has 0 bridgehead atoms. The normalized spacial score (nSPS) is 9.90. The number of hydrogen-bond donors (Lipinski definition) is 2. The molecule has 0 fully saturated rings. The lowest BCUT2D eigenvalue weighted by atomic mass is 10.2. The summed E-state index contributed by atoms with van der Waals surface area (Å²) in [6.07, 6.45) is 0. The van der Waals surface area contributed by atoms with Crippen molar-refractivity contribution in [2.24, 2.45) is 0 Å². The van der Waals surface area contributed by atoms with Gasteiger partial charge in [-0.3, -0.25) is 4.79 Å². The van der Waals surface area contributed by atoms with Gasteiger partial charge in [-0.2, -0.15) is 5.26 Å². The molecule has 21 heavy (non-hydrogen) atoms. The van der Waals surface area contributed by atoms with E-state index in [9.17, 15) is 4.79 Å². The molecule has 0 aliphatic carbocycles. The lowest BCUT2D eigenvalue weighted by molar-refractivity contribution is -0.113. The van der Waals surface area contributed by atoms with Gasteiger partial charge in [0, 0.05) is 10.6 Å². The summed E-state index contributed by atoms with van der Waals surface area (Å²) in [6, 6.07) is 14.0. The van der Waals surface area contributed by atoms with Crippen LogP contribution in [0.2, 0.25) is 5.02 Å². The van der Waals surface area contributed by atoms with Crippen molar-refractivity contribution in [1.29, 1.82) is 5.26 Å². The van der Waals surface area contributed by atoms with E-state index in [0.29, 0.717) is 22.0 Å². The molecule has 0 radical (unpaired) electrons. The Hall–Kier alpha value is -2.16. The van der Waals surface area contributed by atoms with Crippen molar-refractivity contribution >= 4 is 40.6 Å². The molecule has 2 rings (SSSR count). The van der Waals surface area contributed by atoms with Gasteiger partial charge in [-0.05, 0) is 42.5 Å². The van der Waals surface area contributed by atoms with E-state index in [1.165, 1.54) is 11.8 Å². The summed E-state index contributed by atoms with van der Waals surface area (Å²) < 4.78 is 0. The molecule has 106 valence electrons. The van der Waals surface area contributed by atoms with Crippen LogP contribution in [0.1, 0.15) is 5.56 Å². The molecule has 0 unspecified atom stereocenters. The van der Waals surface area contributed by atoms with E-state index in [4.69, 9.17) is 22.6 Å². The minimum Gasteiger partial charge on any atom is -0.398 e. The number of carbonyl (C=O) groups excluding carboxylic acids is 1. The van der Waals surface area contributed by atoms with Crippen LogP contribution in [-0.2, 0) is 4.79 Å². The number of benzene rings is 2. The van der Waals surface area contributed by atoms with Gasteiger partial charge in [0.2, 0.25) is 5.91 Å². The Bertz CT molecular complexity index is 695. The quantitative estimate of drug-likeness (QED) is 0.668. The second-order valence-electron chi connectivity index (χ2n) is 4.21. The first kappa shape index (κ1) is 15.2. The molecular formula is C15H12ClN3OS. The average Bonchev–Trinajstić information content (AvgIpc) is 2.49. The van der Waals surface area contributed by atoms with Crippen LogP contribution >= 0.6 is 23.4 Å². The standard InChI is InChI=1S/C15H12ClN3OS/c16-13-7-12(5-6-14(13)18)21-9-15(20)19-11-3-1-10(8-17)2-4-11/h1-7H,9,18H2,(H,19,20). The van der Waals surface area contributed by atoms with Crippen molar-refractivity contribution in [2.45, 2.75) is 4.90 Å². The van der Waals surface area contributed by atoms with Crippen molar-refractivity contribution in [3.8, 4) is 6.07 Å². The Morgan fingerprint density at radius 1 is 1.29 bits per heavy atom. The lowest BCUT2D eigenvalue weighted by Gasteiger charge is -2.06. The van der Waals surface area contributed by atoms with Gasteiger partial charge >= 0.3 is 0 Å². The number of thioether (sulfide) groups is 1. The van der Waals surface area contributed by atoms with Crippen molar-refractivity contribution in [3.63, 3.8) is 0 Å². The maximum atomic E-state index is 11.8. The highest BCUT2D eigenvalue weighted by molar-refractivity contribution is 8.00. The molecule has 0 saturated heterocycles. The Morgan fingerprint density at radius 2 is 2.00 bits per heavy atom. The third kappa shape index (κ3) is 4.42. The van der Waals surface area contributed by atoms with Crippen LogP contribution < -0.4 is 11.1 Å². The van der Waals surface area contributed by atoms with Crippen LogP contribution in [0, 0.1) is 11.3 Å². The number of halogens is 1. The highest BCUT2D eigenvalue weighted by Crippen LogP contribution is 2.26. The van der Waals surface area contributed by atoms with Crippen molar-refractivity contribution in [2.75, 3.05) is 16.8 Å². The first-order valence-corrected chi connectivity index (χ1v) is 7.42. The number of carbonyl (C=O) groups is 1. The number of hydrogen-bond acceptors (Lipinski definition) is 4. The van der Waals surface area contributed by atoms with Gasteiger partial charge in [0.1, 0.15) is 0 Å². The fourth-order valence-corrected chi connectivity index (χ4v) is 2.55. The van der Waals surface area contributed by atoms with Crippen LogP contribution in [0.3, 0.4) is 0 Å². The largest absolute Gasteiger partial charge is 0.398 e. The Morgan fingerprint density at radius 3 is 2.62 bits per heavy atom. The van der Waals surface area contributed by atoms with Gasteiger partial charge in [0.15, 0.2) is 0 Å². The van der Waals surface area contributed by atoms with Crippen LogP contribution in [0.25, 0.3) is 0 Å². The van der Waals surface area contributed by atoms with Gasteiger partial charge in [-0.1, -0.05) is 11.6 Å². The minimum absolute atomic E-state index is 0.127. The third-order valence-electron chi connectivity index (χ3n) is 2.64. The summed E-state index contributed by atoms with van der Waals surface area (Å²) in [6.45, 7) is 0. The Kier molecular flexibility index (Phi) is 5.09. The molecular weight excluding hydrogens is 306 g/mol. The molecule has 2 aromatic rings. The first-order chi connectivity index (χ1) is 10.1. The predicted molar refractivity (Wildman–Crippen MR) is 86.4 cm³/mol. The number of nitriles is 1. The maximum Gasteiger partial charge on any atom is 0.234 e. The van der Waals surface area contributed by atoms with Crippen molar-refractivity contribution in [3.05, 3.63) is 53.1 Å². The highest BCUT2D eigenvalue weighted by Gasteiger charge is 2.05. The monoisotopic (exact) mass is 317 g/mol. The number of nitrogen functional groups attached to an aromatic ring is 1. The molecule has 0 saturated carbocycles. The summed E-state index contributed by atoms with van der Waals surface area (Å²) in [5.74, 6) is 0.137. The van der Waals surface area contributed by atoms with Gasteiger partial charge < -0.3 is 11.1 Å². The van der Waals surface area contributed by atoms with Gasteiger partial charge in [-0.15, -0.1) is 11.8 Å². The van der Waals surface area contributed by atoms with E-state index in [2.05, 4.69) is 5.32 Å². The number of nitrogens with two attached hydrogens (primary N) is 1. The second-order valence-corrected chi connectivity index (χ2v) is 5.67. The molecule has 1 amide bonds. The van der Waals surface area contributed by atoms with Gasteiger partial charge in [0.25, 0.3) is 0 Å². The highest BCUT2D eigenvalue weighted by atomic mass is 35.5. The van der Waals surface area contributed by atoms with E-state index in [1.54, 1.807) is 36.4 Å². The zero-order valence-corrected chi connectivity index (χ0v) is 12.5.